The molecule has 0 bridgehead atoms. The minimum Gasteiger partial charge on any atom is -0.312 e. The monoisotopic (exact) mass is 334 g/mol. The molecular formula is C16H22N4O2S. The Morgan fingerprint density at radius 2 is 1.96 bits per heavy atom. The third-order valence-corrected chi connectivity index (χ3v) is 5.33. The SMILES string of the molecule is CC(C)(C)c1cc(NS(=O)(=O)c2ccc3c(c2)CCNC3)[nH]n1. The fraction of sp³-hybridized carbons (Fsp3) is 0.438. The van der Waals surface area contributed by atoms with E-state index in [0.29, 0.717) is 5.82 Å². The van der Waals surface area contributed by atoms with E-state index in [-0.39, 0.29) is 10.3 Å². The summed E-state index contributed by atoms with van der Waals surface area (Å²) in [6, 6.07) is 7.03. The first kappa shape index (κ1) is 16.0. The molecule has 3 rings (SSSR count). The number of rotatable bonds is 3. The van der Waals surface area contributed by atoms with E-state index in [1.165, 1.54) is 0 Å². The Hall–Kier alpha value is -1.86. The smallest absolute Gasteiger partial charge is 0.263 e. The second-order valence-corrected chi connectivity index (χ2v) is 8.56. The van der Waals surface area contributed by atoms with Crippen molar-refractivity contribution in [3.05, 3.63) is 41.1 Å². The van der Waals surface area contributed by atoms with Gasteiger partial charge in [-0.3, -0.25) is 9.82 Å². The highest BCUT2D eigenvalue weighted by Gasteiger charge is 2.21. The standard InChI is InChI=1S/C16H22N4O2S/c1-16(2,3)14-9-15(19-18-14)20-23(21,22)13-5-4-12-10-17-7-6-11(12)8-13/h4-5,8-9,17H,6-7,10H2,1-3H3,(H2,18,19,20). The van der Waals surface area contributed by atoms with Gasteiger partial charge < -0.3 is 5.32 Å². The lowest BCUT2D eigenvalue weighted by Crippen LogP contribution is -2.24. The average molecular weight is 334 g/mol. The van der Waals surface area contributed by atoms with E-state index in [2.05, 4.69) is 20.2 Å². The van der Waals surface area contributed by atoms with E-state index in [4.69, 9.17) is 0 Å². The van der Waals surface area contributed by atoms with Crippen molar-refractivity contribution < 1.29 is 8.42 Å². The quantitative estimate of drug-likeness (QED) is 0.803. The minimum absolute atomic E-state index is 0.140. The van der Waals surface area contributed by atoms with Gasteiger partial charge in [-0.15, -0.1) is 0 Å². The summed E-state index contributed by atoms with van der Waals surface area (Å²) in [6.07, 6.45) is 0.844. The van der Waals surface area contributed by atoms with Crippen molar-refractivity contribution in [3.63, 3.8) is 0 Å². The molecule has 0 unspecified atom stereocenters. The van der Waals surface area contributed by atoms with Crippen molar-refractivity contribution in [2.24, 2.45) is 0 Å². The second kappa shape index (κ2) is 5.65. The van der Waals surface area contributed by atoms with Crippen LogP contribution in [0.15, 0.2) is 29.2 Å². The van der Waals surface area contributed by atoms with Gasteiger partial charge in [0, 0.05) is 18.0 Å². The fourth-order valence-corrected chi connectivity index (χ4v) is 3.64. The fourth-order valence-electron chi connectivity index (χ4n) is 2.58. The first-order valence-corrected chi connectivity index (χ1v) is 9.15. The molecule has 1 aromatic carbocycles. The maximum absolute atomic E-state index is 12.6. The van der Waals surface area contributed by atoms with Gasteiger partial charge >= 0.3 is 0 Å². The van der Waals surface area contributed by atoms with Crippen molar-refractivity contribution in [2.45, 2.75) is 44.0 Å². The number of nitrogens with zero attached hydrogens (tertiary/aromatic N) is 1. The van der Waals surface area contributed by atoms with Gasteiger partial charge in [0.15, 0.2) is 0 Å². The van der Waals surface area contributed by atoms with Crippen LogP contribution in [0.3, 0.4) is 0 Å². The Labute approximate surface area is 136 Å². The van der Waals surface area contributed by atoms with Gasteiger partial charge in [0.25, 0.3) is 10.0 Å². The number of fused-ring (bicyclic) bond motifs is 1. The van der Waals surface area contributed by atoms with Gasteiger partial charge in [0.05, 0.1) is 10.6 Å². The molecule has 1 aliphatic rings. The zero-order valence-electron chi connectivity index (χ0n) is 13.6. The van der Waals surface area contributed by atoms with Gasteiger partial charge in [-0.25, -0.2) is 8.42 Å². The maximum Gasteiger partial charge on any atom is 0.263 e. The second-order valence-electron chi connectivity index (χ2n) is 6.88. The predicted molar refractivity (Wildman–Crippen MR) is 89.9 cm³/mol. The first-order chi connectivity index (χ1) is 10.8. The Morgan fingerprint density at radius 1 is 1.17 bits per heavy atom. The predicted octanol–water partition coefficient (Wildman–Crippen LogP) is 2.15. The lowest BCUT2D eigenvalue weighted by atomic mass is 9.92. The molecule has 0 amide bonds. The molecule has 2 aromatic rings. The summed E-state index contributed by atoms with van der Waals surface area (Å²) in [4.78, 5) is 0.282. The Kier molecular flexibility index (Phi) is 3.93. The maximum atomic E-state index is 12.6. The van der Waals surface area contributed by atoms with Gasteiger partial charge in [-0.1, -0.05) is 26.8 Å². The van der Waals surface area contributed by atoms with Crippen LogP contribution in [-0.4, -0.2) is 25.2 Å². The molecule has 0 spiro atoms. The highest BCUT2D eigenvalue weighted by Crippen LogP contribution is 2.24. The van der Waals surface area contributed by atoms with E-state index >= 15 is 0 Å². The number of nitrogens with one attached hydrogen (secondary N) is 3. The Balaban J connectivity index is 1.86. The van der Waals surface area contributed by atoms with Crippen molar-refractivity contribution >= 4 is 15.8 Å². The first-order valence-electron chi connectivity index (χ1n) is 7.67. The summed E-state index contributed by atoms with van der Waals surface area (Å²) in [5, 5.41) is 10.2. The van der Waals surface area contributed by atoms with Gasteiger partial charge in [0.1, 0.15) is 5.82 Å². The molecule has 23 heavy (non-hydrogen) atoms. The number of hydrogen-bond acceptors (Lipinski definition) is 4. The van der Waals surface area contributed by atoms with Gasteiger partial charge in [0.2, 0.25) is 0 Å². The molecule has 6 nitrogen and oxygen atoms in total. The third kappa shape index (κ3) is 3.40. The topological polar surface area (TPSA) is 86.9 Å². The number of anilines is 1. The van der Waals surface area contributed by atoms with Crippen molar-refractivity contribution in [2.75, 3.05) is 11.3 Å². The highest BCUT2D eigenvalue weighted by molar-refractivity contribution is 7.92. The number of aromatic nitrogens is 2. The summed E-state index contributed by atoms with van der Waals surface area (Å²) in [5.74, 6) is 0.384. The molecule has 0 saturated heterocycles. The molecule has 3 N–H and O–H groups in total. The molecule has 2 heterocycles. The van der Waals surface area contributed by atoms with Crippen molar-refractivity contribution in [1.82, 2.24) is 15.5 Å². The molecule has 1 aliphatic heterocycles. The minimum atomic E-state index is -3.62. The van der Waals surface area contributed by atoms with Crippen molar-refractivity contribution in [3.8, 4) is 0 Å². The zero-order chi connectivity index (χ0) is 16.7. The Morgan fingerprint density at radius 3 is 2.65 bits per heavy atom. The summed E-state index contributed by atoms with van der Waals surface area (Å²) >= 11 is 0. The molecule has 0 radical (unpaired) electrons. The molecule has 1 aromatic heterocycles. The highest BCUT2D eigenvalue weighted by atomic mass is 32.2. The van der Waals surface area contributed by atoms with Crippen LogP contribution in [0, 0.1) is 0 Å². The zero-order valence-corrected chi connectivity index (χ0v) is 14.4. The van der Waals surface area contributed by atoms with E-state index in [0.717, 1.165) is 36.3 Å². The normalized spacial score (nSPS) is 15.3. The van der Waals surface area contributed by atoms with E-state index < -0.39 is 10.0 Å². The number of H-pyrrole nitrogens is 1. The summed E-state index contributed by atoms with van der Waals surface area (Å²) in [5.41, 5.74) is 2.92. The number of hydrogen-bond donors (Lipinski definition) is 3. The van der Waals surface area contributed by atoms with Crippen LogP contribution in [0.1, 0.15) is 37.6 Å². The van der Waals surface area contributed by atoms with Gasteiger partial charge in [-0.2, -0.15) is 5.10 Å². The third-order valence-electron chi connectivity index (χ3n) is 3.97. The summed E-state index contributed by atoms with van der Waals surface area (Å²) in [7, 11) is -3.62. The van der Waals surface area contributed by atoms with Crippen LogP contribution in [-0.2, 0) is 28.4 Å². The lowest BCUT2D eigenvalue weighted by molar-refractivity contribution is 0.567. The molecule has 0 saturated carbocycles. The van der Waals surface area contributed by atoms with Crippen molar-refractivity contribution in [1.29, 1.82) is 0 Å². The molecule has 0 fully saturated rings. The van der Waals surface area contributed by atoms with Gasteiger partial charge in [-0.05, 0) is 36.2 Å². The van der Waals surface area contributed by atoms with E-state index in [1.54, 1.807) is 18.2 Å². The van der Waals surface area contributed by atoms with Crippen LogP contribution >= 0.6 is 0 Å². The average Bonchev–Trinajstić information content (AvgIpc) is 2.94. The lowest BCUT2D eigenvalue weighted by Gasteiger charge is -2.18. The molecule has 124 valence electrons. The molecular weight excluding hydrogens is 312 g/mol. The van der Waals surface area contributed by atoms with Crippen LogP contribution in [0.4, 0.5) is 5.82 Å². The summed E-state index contributed by atoms with van der Waals surface area (Å²) < 4.78 is 27.7. The van der Waals surface area contributed by atoms with Crippen LogP contribution in [0.2, 0.25) is 0 Å². The summed E-state index contributed by atoms with van der Waals surface area (Å²) in [6.45, 7) is 7.74. The van der Waals surface area contributed by atoms with E-state index in [9.17, 15) is 8.42 Å². The largest absolute Gasteiger partial charge is 0.312 e. The van der Waals surface area contributed by atoms with Crippen LogP contribution in [0.5, 0.6) is 0 Å². The molecule has 7 heteroatoms. The Bertz CT molecular complexity index is 819. The number of benzene rings is 1. The number of aromatic amines is 1. The van der Waals surface area contributed by atoms with Crippen LogP contribution < -0.4 is 10.0 Å². The van der Waals surface area contributed by atoms with E-state index in [1.807, 2.05) is 26.8 Å². The van der Waals surface area contributed by atoms with Crippen LogP contribution in [0.25, 0.3) is 0 Å². The molecule has 0 atom stereocenters. The number of sulfonamides is 1. The molecule has 0 aliphatic carbocycles.